The van der Waals surface area contributed by atoms with E-state index >= 15 is 0 Å². The molecule has 0 unspecified atom stereocenters. The lowest BCUT2D eigenvalue weighted by molar-refractivity contribution is 0.252. The summed E-state index contributed by atoms with van der Waals surface area (Å²) >= 11 is 12.6. The Hall–Kier alpha value is -6.24. The van der Waals surface area contributed by atoms with Crippen LogP contribution in [-0.4, -0.2) is 52.3 Å². The molecule has 63 heavy (non-hydrogen) atoms. The van der Waals surface area contributed by atoms with Crippen molar-refractivity contribution in [3.8, 4) is 57.4 Å². The fraction of sp³-hybridized carbons (Fsp3) is 0.306. The highest BCUT2D eigenvalue weighted by Gasteiger charge is 2.22. The van der Waals surface area contributed by atoms with Crippen LogP contribution in [0.1, 0.15) is 68.2 Å². The number of ether oxygens (including phenoxy) is 2. The second kappa shape index (κ2) is 18.2. The van der Waals surface area contributed by atoms with Gasteiger partial charge in [0.05, 0.1) is 23.3 Å². The highest BCUT2D eigenvalue weighted by atomic mass is 35.5. The Kier molecular flexibility index (Phi) is 12.6. The molecule has 0 N–H and O–H groups in total. The molecule has 6 heterocycles. The molecule has 0 saturated heterocycles. The van der Waals surface area contributed by atoms with Crippen molar-refractivity contribution in [3.05, 3.63) is 130 Å². The van der Waals surface area contributed by atoms with Crippen LogP contribution in [0.25, 0.3) is 57.2 Å². The molecule has 2 aliphatic rings. The standard InChI is InChI=1S/2C24H23ClN4O2.CH4/c1-14-4-5-17(8-14)13-30-21-7-6-18(10-16(21)3)24-27-22(28-31-24)20-12-29-11-15(2)9-19(25)23(29)26-20;1-14-4-5-17(8-14)13-30-21-7-6-18(10-16(21)3)22-27-24(31-28-22)20-12-29-11-15(2)9-19(25)23(29)26-20;/h2*6-7,9-12,17H,1,4-5,8,13H2,2-3H3;1H4/t2*17-;/m11./s1. The molecule has 0 aliphatic heterocycles. The predicted molar refractivity (Wildman–Crippen MR) is 247 cm³/mol. The summed E-state index contributed by atoms with van der Waals surface area (Å²) in [5.41, 5.74) is 11.0. The van der Waals surface area contributed by atoms with Crippen LogP contribution in [0.2, 0.25) is 10.0 Å². The summed E-state index contributed by atoms with van der Waals surface area (Å²) in [5.74, 6) is 4.62. The first-order valence-electron chi connectivity index (χ1n) is 20.7. The van der Waals surface area contributed by atoms with Crippen molar-refractivity contribution >= 4 is 34.5 Å². The third-order valence-corrected chi connectivity index (χ3v) is 11.9. The summed E-state index contributed by atoms with van der Waals surface area (Å²) in [7, 11) is 0. The SMILES string of the molecule is C.C=C1CC[C@@H](COc2ccc(-c3nc(-c4cn5cc(C)cc(Cl)c5n4)no3)cc2C)C1.C=C1CC[C@@H](COc2ccc(-c3noc(-c4cn5cc(C)cc(Cl)c5n4)n3)cc2C)C1. The second-order valence-electron chi connectivity index (χ2n) is 16.6. The van der Waals surface area contributed by atoms with Gasteiger partial charge in [-0.15, -0.1) is 0 Å². The number of aryl methyl sites for hydroxylation is 4. The zero-order valence-electron chi connectivity index (χ0n) is 35.1. The lowest BCUT2D eigenvalue weighted by Gasteiger charge is -2.13. The molecule has 2 saturated carbocycles. The summed E-state index contributed by atoms with van der Waals surface area (Å²) in [4.78, 5) is 18.2. The van der Waals surface area contributed by atoms with Gasteiger partial charge in [-0.3, -0.25) is 0 Å². The molecule has 0 spiro atoms. The average Bonchev–Trinajstić information content (AvgIpc) is 4.09. The summed E-state index contributed by atoms with van der Waals surface area (Å²) in [5, 5.41) is 9.42. The van der Waals surface area contributed by atoms with Crippen molar-refractivity contribution < 1.29 is 18.5 Å². The van der Waals surface area contributed by atoms with Crippen LogP contribution in [0.3, 0.4) is 0 Å². The van der Waals surface area contributed by atoms with Crippen molar-refractivity contribution in [1.82, 2.24) is 39.1 Å². The van der Waals surface area contributed by atoms with Crippen molar-refractivity contribution in [2.45, 2.75) is 73.6 Å². The van der Waals surface area contributed by atoms with Gasteiger partial charge in [0.1, 0.15) is 22.9 Å². The summed E-state index contributed by atoms with van der Waals surface area (Å²) in [6.07, 6.45) is 14.3. The smallest absolute Gasteiger partial charge is 0.278 e. The molecule has 6 aromatic heterocycles. The number of pyridine rings is 2. The third kappa shape index (κ3) is 9.57. The van der Waals surface area contributed by atoms with E-state index in [1.54, 1.807) is 0 Å². The zero-order valence-corrected chi connectivity index (χ0v) is 36.6. The highest BCUT2D eigenvalue weighted by molar-refractivity contribution is 6.33. The first kappa shape index (κ1) is 43.4. The van der Waals surface area contributed by atoms with Crippen LogP contribution < -0.4 is 9.47 Å². The van der Waals surface area contributed by atoms with E-state index in [1.807, 2.05) is 110 Å². The molecule has 0 radical (unpaired) electrons. The summed E-state index contributed by atoms with van der Waals surface area (Å²) < 4.78 is 26.8. The first-order chi connectivity index (χ1) is 29.9. The van der Waals surface area contributed by atoms with E-state index in [4.69, 9.17) is 41.7 Å². The lowest BCUT2D eigenvalue weighted by Crippen LogP contribution is -2.08. The van der Waals surface area contributed by atoms with Crippen LogP contribution in [0.15, 0.2) is 107 Å². The Morgan fingerprint density at radius 3 is 1.67 bits per heavy atom. The minimum absolute atomic E-state index is 0. The number of benzene rings is 2. The van der Waals surface area contributed by atoms with Gasteiger partial charge in [0.25, 0.3) is 11.8 Å². The van der Waals surface area contributed by atoms with Gasteiger partial charge in [0.2, 0.25) is 11.6 Å². The monoisotopic (exact) mass is 884 g/mol. The second-order valence-corrected chi connectivity index (χ2v) is 17.4. The number of aromatic nitrogens is 8. The van der Waals surface area contributed by atoms with Crippen LogP contribution in [0.5, 0.6) is 11.5 Å². The van der Waals surface area contributed by atoms with Crippen molar-refractivity contribution in [2.75, 3.05) is 13.2 Å². The van der Waals surface area contributed by atoms with Gasteiger partial charge in [-0.05, 0) is 149 Å². The maximum atomic E-state index is 6.31. The minimum atomic E-state index is 0. The van der Waals surface area contributed by atoms with Crippen molar-refractivity contribution in [1.29, 1.82) is 0 Å². The number of halogens is 2. The van der Waals surface area contributed by atoms with E-state index in [0.29, 0.717) is 68.0 Å². The quantitative estimate of drug-likeness (QED) is 0.122. The summed E-state index contributed by atoms with van der Waals surface area (Å²) in [6, 6.07) is 15.6. The Labute approximate surface area is 376 Å². The zero-order chi connectivity index (χ0) is 43.1. The molecule has 10 rings (SSSR count). The number of allylic oxidation sites excluding steroid dienone is 2. The van der Waals surface area contributed by atoms with E-state index in [0.717, 1.165) is 96.6 Å². The van der Waals surface area contributed by atoms with E-state index in [1.165, 1.54) is 11.1 Å². The lowest BCUT2D eigenvalue weighted by atomic mass is 10.1. The molecule has 2 aromatic carbocycles. The molecule has 14 heteroatoms. The number of hydrogen-bond donors (Lipinski definition) is 0. The Morgan fingerprint density at radius 2 is 1.11 bits per heavy atom. The maximum absolute atomic E-state index is 6.31. The largest absolute Gasteiger partial charge is 0.493 e. The summed E-state index contributed by atoms with van der Waals surface area (Å²) in [6.45, 7) is 17.6. The number of nitrogens with zero attached hydrogens (tertiary/aromatic N) is 8. The van der Waals surface area contributed by atoms with Crippen LogP contribution in [-0.2, 0) is 0 Å². The molecular weight excluding hydrogens is 835 g/mol. The number of hydrogen-bond acceptors (Lipinski definition) is 10. The van der Waals surface area contributed by atoms with E-state index in [-0.39, 0.29) is 7.43 Å². The molecule has 2 aliphatic carbocycles. The van der Waals surface area contributed by atoms with Gasteiger partial charge in [0.15, 0.2) is 11.3 Å². The van der Waals surface area contributed by atoms with E-state index < -0.39 is 0 Å². The Balaban J connectivity index is 0.000000170. The Morgan fingerprint density at radius 1 is 0.619 bits per heavy atom. The van der Waals surface area contributed by atoms with Gasteiger partial charge in [-0.2, -0.15) is 9.97 Å². The Bertz CT molecular complexity index is 2780. The van der Waals surface area contributed by atoms with Crippen molar-refractivity contribution in [2.24, 2.45) is 11.8 Å². The molecule has 12 nitrogen and oxygen atoms in total. The van der Waals surface area contributed by atoms with Crippen LogP contribution in [0.4, 0.5) is 0 Å². The van der Waals surface area contributed by atoms with Crippen molar-refractivity contribution in [3.63, 3.8) is 0 Å². The van der Waals surface area contributed by atoms with E-state index in [2.05, 4.69) is 43.4 Å². The van der Waals surface area contributed by atoms with Gasteiger partial charge >= 0.3 is 0 Å². The predicted octanol–water partition coefficient (Wildman–Crippen LogP) is 12.7. The number of fused-ring (bicyclic) bond motifs is 2. The van der Waals surface area contributed by atoms with Gasteiger partial charge in [0, 0.05) is 35.9 Å². The fourth-order valence-electron chi connectivity index (χ4n) is 8.12. The van der Waals surface area contributed by atoms with Crippen LogP contribution >= 0.6 is 23.2 Å². The highest BCUT2D eigenvalue weighted by Crippen LogP contribution is 2.34. The maximum Gasteiger partial charge on any atom is 0.278 e. The van der Waals surface area contributed by atoms with Gasteiger partial charge in [-0.1, -0.05) is 65.2 Å². The minimum Gasteiger partial charge on any atom is -0.493 e. The van der Waals surface area contributed by atoms with E-state index in [9.17, 15) is 0 Å². The molecule has 324 valence electrons. The molecule has 2 atom stereocenters. The molecule has 0 bridgehead atoms. The first-order valence-corrected chi connectivity index (χ1v) is 21.5. The topological polar surface area (TPSA) is 131 Å². The number of imidazole rings is 2. The normalized spacial score (nSPS) is 16.1. The average molecular weight is 886 g/mol. The molecule has 0 amide bonds. The van der Waals surface area contributed by atoms with Crippen LogP contribution in [0, 0.1) is 39.5 Å². The molecular formula is C49H50Cl2N8O4. The fourth-order valence-corrected chi connectivity index (χ4v) is 8.74. The van der Waals surface area contributed by atoms with Gasteiger partial charge < -0.3 is 27.3 Å². The number of rotatable bonds is 10. The molecule has 8 aromatic rings. The molecule has 2 fully saturated rings. The van der Waals surface area contributed by atoms with Gasteiger partial charge in [-0.25, -0.2) is 9.97 Å². The third-order valence-electron chi connectivity index (χ3n) is 11.4.